The van der Waals surface area contributed by atoms with Gasteiger partial charge in [-0.15, -0.1) is 0 Å². The summed E-state index contributed by atoms with van der Waals surface area (Å²) in [7, 11) is 2.71. The van der Waals surface area contributed by atoms with Crippen molar-refractivity contribution >= 4 is 12.6 Å². The van der Waals surface area contributed by atoms with Crippen LogP contribution < -0.4 is 9.47 Å². The van der Waals surface area contributed by atoms with Gasteiger partial charge in [0.1, 0.15) is 0 Å². The van der Waals surface area contributed by atoms with Crippen molar-refractivity contribution in [3.63, 3.8) is 0 Å². The molecule has 0 saturated heterocycles. The van der Waals surface area contributed by atoms with Crippen LogP contribution in [0.1, 0.15) is 21.1 Å². The summed E-state index contributed by atoms with van der Waals surface area (Å²) in [5.41, 5.74) is 0. The first-order chi connectivity index (χ1) is 6.28. The zero-order chi connectivity index (χ0) is 9.84. The van der Waals surface area contributed by atoms with Gasteiger partial charge in [0.25, 0.3) is 0 Å². The van der Waals surface area contributed by atoms with Crippen molar-refractivity contribution in [1.29, 1.82) is 0 Å². The Morgan fingerprint density at radius 1 is 1.00 bits per heavy atom. The van der Waals surface area contributed by atoms with E-state index in [-0.39, 0.29) is 23.0 Å². The van der Waals surface area contributed by atoms with E-state index in [1.807, 2.05) is 0 Å². The van der Waals surface area contributed by atoms with E-state index >= 15 is 0 Å². The number of hydrogen-bond donors (Lipinski definition) is 0. The lowest BCUT2D eigenvalue weighted by atomic mass is 10.3. The fourth-order valence-electron chi connectivity index (χ4n) is 0.977. The lowest BCUT2D eigenvalue weighted by Crippen LogP contribution is -1.90. The Balaban J connectivity index is 3.33. The number of methoxy groups -OCH3 is 2. The van der Waals surface area contributed by atoms with Crippen molar-refractivity contribution in [1.82, 2.24) is 0 Å². The number of ether oxygens (including phenoxy) is 2. The molecule has 70 valence electrons. The van der Waals surface area contributed by atoms with Gasteiger partial charge in [-0.05, 0) is 0 Å². The molecule has 1 rings (SSSR count). The third kappa shape index (κ3) is 1.40. The van der Waals surface area contributed by atoms with Gasteiger partial charge in [-0.1, -0.05) is 0 Å². The van der Waals surface area contributed by atoms with Crippen LogP contribution in [0.15, 0.2) is 4.42 Å². The van der Waals surface area contributed by atoms with E-state index in [0.29, 0.717) is 12.6 Å². The maximum atomic E-state index is 10.4. The fraction of sp³-hybridized carbons (Fsp3) is 0.250. The van der Waals surface area contributed by atoms with Crippen LogP contribution in [0.2, 0.25) is 0 Å². The number of furan rings is 1. The number of hydrogen-bond acceptors (Lipinski definition) is 5. The van der Waals surface area contributed by atoms with Gasteiger partial charge < -0.3 is 13.9 Å². The summed E-state index contributed by atoms with van der Waals surface area (Å²) >= 11 is 0. The van der Waals surface area contributed by atoms with Crippen LogP contribution in [0, 0.1) is 0 Å². The van der Waals surface area contributed by atoms with Crippen molar-refractivity contribution in [3.8, 4) is 11.5 Å². The number of aldehydes is 2. The molecular formula is C8H8O5. The van der Waals surface area contributed by atoms with Crippen molar-refractivity contribution < 1.29 is 23.5 Å². The highest BCUT2D eigenvalue weighted by molar-refractivity contribution is 5.85. The molecule has 0 fully saturated rings. The Bertz CT molecular complexity index is 295. The summed E-state index contributed by atoms with van der Waals surface area (Å²) in [6, 6.07) is 0. The van der Waals surface area contributed by atoms with E-state index in [0.717, 1.165) is 0 Å². The molecule has 0 aromatic carbocycles. The molecule has 1 heterocycles. The van der Waals surface area contributed by atoms with Crippen molar-refractivity contribution in [2.45, 2.75) is 0 Å². The Morgan fingerprint density at radius 2 is 1.38 bits per heavy atom. The second kappa shape index (κ2) is 3.75. The molecule has 0 spiro atoms. The molecule has 0 aliphatic rings. The van der Waals surface area contributed by atoms with Crippen molar-refractivity contribution in [3.05, 3.63) is 11.5 Å². The van der Waals surface area contributed by atoms with Crippen LogP contribution in [0.5, 0.6) is 11.5 Å². The van der Waals surface area contributed by atoms with Gasteiger partial charge in [0, 0.05) is 0 Å². The first kappa shape index (κ1) is 9.31. The quantitative estimate of drug-likeness (QED) is 0.651. The lowest BCUT2D eigenvalue weighted by molar-refractivity contribution is 0.107. The van der Waals surface area contributed by atoms with Crippen LogP contribution in [0.3, 0.4) is 0 Å². The topological polar surface area (TPSA) is 65.7 Å². The largest absolute Gasteiger partial charge is 0.490 e. The summed E-state index contributed by atoms with van der Waals surface area (Å²) in [6.07, 6.45) is 0.905. The first-order valence-corrected chi connectivity index (χ1v) is 3.43. The Kier molecular flexibility index (Phi) is 2.69. The minimum absolute atomic E-state index is 0.0542. The van der Waals surface area contributed by atoms with Crippen molar-refractivity contribution in [2.24, 2.45) is 0 Å². The average Bonchev–Trinajstić information content (AvgIpc) is 2.54. The van der Waals surface area contributed by atoms with Gasteiger partial charge in [0.05, 0.1) is 14.2 Å². The second-order valence-corrected chi connectivity index (χ2v) is 2.13. The van der Waals surface area contributed by atoms with E-state index in [1.54, 1.807) is 0 Å². The fourth-order valence-corrected chi connectivity index (χ4v) is 0.977. The highest BCUT2D eigenvalue weighted by Crippen LogP contribution is 2.35. The minimum Gasteiger partial charge on any atom is -0.490 e. The van der Waals surface area contributed by atoms with Crippen LogP contribution in [-0.2, 0) is 0 Å². The predicted molar refractivity (Wildman–Crippen MR) is 42.6 cm³/mol. The Labute approximate surface area is 74.2 Å². The molecule has 0 radical (unpaired) electrons. The van der Waals surface area contributed by atoms with Gasteiger partial charge in [-0.3, -0.25) is 9.59 Å². The zero-order valence-corrected chi connectivity index (χ0v) is 7.20. The summed E-state index contributed by atoms with van der Waals surface area (Å²) in [5.74, 6) is 0.169. The molecule has 0 aliphatic heterocycles. The van der Waals surface area contributed by atoms with Crippen LogP contribution >= 0.6 is 0 Å². The minimum atomic E-state index is -0.0542. The smallest absolute Gasteiger partial charge is 0.213 e. The monoisotopic (exact) mass is 184 g/mol. The molecule has 1 aromatic heterocycles. The third-order valence-corrected chi connectivity index (χ3v) is 1.50. The SMILES string of the molecule is COc1c(C=O)oc(C=O)c1OC. The zero-order valence-electron chi connectivity index (χ0n) is 7.20. The molecule has 13 heavy (non-hydrogen) atoms. The van der Waals surface area contributed by atoms with Gasteiger partial charge >= 0.3 is 0 Å². The summed E-state index contributed by atoms with van der Waals surface area (Å²) in [6.45, 7) is 0. The number of carbonyl (C=O) groups excluding carboxylic acids is 2. The maximum absolute atomic E-state index is 10.4. The van der Waals surface area contributed by atoms with Gasteiger partial charge in [-0.25, -0.2) is 0 Å². The third-order valence-electron chi connectivity index (χ3n) is 1.50. The highest BCUT2D eigenvalue weighted by Gasteiger charge is 2.20. The summed E-state index contributed by atoms with van der Waals surface area (Å²) in [5, 5.41) is 0. The lowest BCUT2D eigenvalue weighted by Gasteiger charge is -1.99. The van der Waals surface area contributed by atoms with E-state index < -0.39 is 0 Å². The molecule has 0 aliphatic carbocycles. The van der Waals surface area contributed by atoms with E-state index in [2.05, 4.69) is 0 Å². The maximum Gasteiger partial charge on any atom is 0.213 e. The first-order valence-electron chi connectivity index (χ1n) is 3.43. The number of rotatable bonds is 4. The Morgan fingerprint density at radius 3 is 1.62 bits per heavy atom. The van der Waals surface area contributed by atoms with Gasteiger partial charge in [-0.2, -0.15) is 0 Å². The molecule has 0 amide bonds. The van der Waals surface area contributed by atoms with Crippen molar-refractivity contribution in [2.75, 3.05) is 14.2 Å². The summed E-state index contributed by atoms with van der Waals surface area (Å²) in [4.78, 5) is 20.9. The normalized spacial score (nSPS) is 9.38. The highest BCUT2D eigenvalue weighted by atomic mass is 16.5. The molecule has 1 aromatic rings. The molecule has 5 nitrogen and oxygen atoms in total. The molecule has 0 unspecified atom stereocenters. The molecule has 0 atom stereocenters. The van der Waals surface area contributed by atoms with Crippen LogP contribution in [0.25, 0.3) is 0 Å². The van der Waals surface area contributed by atoms with E-state index in [9.17, 15) is 9.59 Å². The predicted octanol–water partition coefficient (Wildman–Crippen LogP) is 0.922. The van der Waals surface area contributed by atoms with Crippen LogP contribution in [-0.4, -0.2) is 26.8 Å². The molecular weight excluding hydrogens is 176 g/mol. The standard InChI is InChI=1S/C8H8O5/c1-11-7-5(3-9)13-6(4-10)8(7)12-2/h3-4H,1-2H3. The molecule has 5 heteroatoms. The molecule has 0 N–H and O–H groups in total. The van der Waals surface area contributed by atoms with E-state index in [1.165, 1.54) is 14.2 Å². The van der Waals surface area contributed by atoms with E-state index in [4.69, 9.17) is 13.9 Å². The van der Waals surface area contributed by atoms with Crippen LogP contribution in [0.4, 0.5) is 0 Å². The van der Waals surface area contributed by atoms with Gasteiger partial charge in [0.15, 0.2) is 12.6 Å². The molecule has 0 bridgehead atoms. The summed E-state index contributed by atoms with van der Waals surface area (Å²) < 4.78 is 14.5. The Hall–Kier alpha value is -1.78. The second-order valence-electron chi connectivity index (χ2n) is 2.13. The van der Waals surface area contributed by atoms with Gasteiger partial charge in [0.2, 0.25) is 23.0 Å². The molecule has 0 saturated carbocycles. The average molecular weight is 184 g/mol. The number of carbonyl (C=O) groups is 2.